The number of benzene rings is 1. The molecule has 4 nitrogen and oxygen atoms in total. The first-order valence-electron chi connectivity index (χ1n) is 6.68. The fourth-order valence-corrected chi connectivity index (χ4v) is 1.51. The van der Waals surface area contributed by atoms with Crippen molar-refractivity contribution >= 4 is 28.6 Å². The Morgan fingerprint density at radius 3 is 2.30 bits per heavy atom. The Morgan fingerprint density at radius 1 is 1.25 bits per heavy atom. The van der Waals surface area contributed by atoms with Gasteiger partial charge in [-0.25, -0.2) is 0 Å². The van der Waals surface area contributed by atoms with Crippen molar-refractivity contribution in [2.45, 2.75) is 43.8 Å². The van der Waals surface area contributed by atoms with Crippen molar-refractivity contribution in [2.75, 3.05) is 6.61 Å². The van der Waals surface area contributed by atoms with E-state index in [-0.39, 0.29) is 12.3 Å². The predicted octanol–water partition coefficient (Wildman–Crippen LogP) is 3.96. The lowest BCUT2D eigenvalue weighted by molar-refractivity contribution is -0.136. The first-order chi connectivity index (χ1) is 9.39. The van der Waals surface area contributed by atoms with Gasteiger partial charge < -0.3 is 14.2 Å². The van der Waals surface area contributed by atoms with Gasteiger partial charge in [0.15, 0.2) is 6.29 Å². The van der Waals surface area contributed by atoms with Crippen LogP contribution in [-0.4, -0.2) is 22.3 Å². The van der Waals surface area contributed by atoms with E-state index < -0.39 is 3.42 Å². The monoisotopic (exact) mass is 392 g/mol. The van der Waals surface area contributed by atoms with Gasteiger partial charge in [0, 0.05) is 6.61 Å². The molecule has 0 saturated heterocycles. The molecule has 2 unspecified atom stereocenters. The van der Waals surface area contributed by atoms with Gasteiger partial charge in [-0.1, -0.05) is 29.5 Å². The summed E-state index contributed by atoms with van der Waals surface area (Å²) in [6.07, 6.45) is 0.422. The Kier molecular flexibility index (Phi) is 6.75. The molecule has 0 aliphatic carbocycles. The average Bonchev–Trinajstić information content (AvgIpc) is 2.41. The highest BCUT2D eigenvalue weighted by molar-refractivity contribution is 14.1. The lowest BCUT2D eigenvalue weighted by atomic mass is 10.1. The van der Waals surface area contributed by atoms with Crippen LogP contribution in [-0.2, 0) is 9.53 Å². The highest BCUT2D eigenvalue weighted by atomic mass is 127. The highest BCUT2D eigenvalue weighted by Gasteiger charge is 2.29. The molecule has 0 spiro atoms. The summed E-state index contributed by atoms with van der Waals surface area (Å²) in [5.74, 6) is 0.957. The second-order valence-electron chi connectivity index (χ2n) is 4.55. The van der Waals surface area contributed by atoms with Crippen molar-refractivity contribution in [3.63, 3.8) is 0 Å². The van der Waals surface area contributed by atoms with Crippen molar-refractivity contribution < 1.29 is 19.0 Å². The third kappa shape index (κ3) is 5.28. The SMILES string of the molecule is CCOC(C)Oc1ccc(OC(=O)C(C)(I)CC)cc1. The molecule has 0 amide bonds. The normalized spacial score (nSPS) is 15.2. The summed E-state index contributed by atoms with van der Waals surface area (Å²) in [4.78, 5) is 11.9. The van der Waals surface area contributed by atoms with Gasteiger partial charge in [0.25, 0.3) is 0 Å². The van der Waals surface area contributed by atoms with Gasteiger partial charge in [-0.15, -0.1) is 0 Å². The third-order valence-corrected chi connectivity index (χ3v) is 4.03. The number of halogens is 1. The van der Waals surface area contributed by atoms with Crippen molar-refractivity contribution in [1.29, 1.82) is 0 Å². The van der Waals surface area contributed by atoms with Crippen LogP contribution in [0.15, 0.2) is 24.3 Å². The predicted molar refractivity (Wildman–Crippen MR) is 86.5 cm³/mol. The molecular formula is C15H21IO4. The number of hydrogen-bond acceptors (Lipinski definition) is 4. The zero-order chi connectivity index (χ0) is 15.2. The Labute approximate surface area is 133 Å². The van der Waals surface area contributed by atoms with E-state index in [0.29, 0.717) is 18.1 Å². The quantitative estimate of drug-likeness (QED) is 0.232. The minimum Gasteiger partial charge on any atom is -0.465 e. The second kappa shape index (κ2) is 7.83. The van der Waals surface area contributed by atoms with Crippen molar-refractivity contribution in [2.24, 2.45) is 0 Å². The topological polar surface area (TPSA) is 44.8 Å². The van der Waals surface area contributed by atoms with Crippen molar-refractivity contribution in [3.8, 4) is 11.5 Å². The van der Waals surface area contributed by atoms with E-state index in [0.717, 1.165) is 6.42 Å². The Hall–Kier alpha value is -0.820. The second-order valence-corrected chi connectivity index (χ2v) is 6.93. The van der Waals surface area contributed by atoms with Gasteiger partial charge in [-0.2, -0.15) is 0 Å². The number of carbonyl (C=O) groups excluding carboxylic acids is 1. The number of hydrogen-bond donors (Lipinski definition) is 0. The highest BCUT2D eigenvalue weighted by Crippen LogP contribution is 2.26. The van der Waals surface area contributed by atoms with Crippen LogP contribution >= 0.6 is 22.6 Å². The van der Waals surface area contributed by atoms with Gasteiger partial charge in [0.1, 0.15) is 14.9 Å². The Bertz CT molecular complexity index is 428. The minimum atomic E-state index is -0.504. The van der Waals surface area contributed by atoms with Crippen LogP contribution in [0.25, 0.3) is 0 Å². The lowest BCUT2D eigenvalue weighted by Crippen LogP contribution is -2.31. The van der Waals surface area contributed by atoms with Crippen LogP contribution in [0.5, 0.6) is 11.5 Å². The van der Waals surface area contributed by atoms with E-state index in [1.807, 2.05) is 27.7 Å². The van der Waals surface area contributed by atoms with Crippen LogP contribution in [0.4, 0.5) is 0 Å². The maximum Gasteiger partial charge on any atom is 0.327 e. The van der Waals surface area contributed by atoms with Gasteiger partial charge in [0.05, 0.1) is 0 Å². The first kappa shape index (κ1) is 17.2. The van der Waals surface area contributed by atoms with Crippen molar-refractivity contribution in [1.82, 2.24) is 0 Å². The van der Waals surface area contributed by atoms with E-state index in [9.17, 15) is 4.79 Å². The van der Waals surface area contributed by atoms with Gasteiger partial charge in [-0.3, -0.25) is 4.79 Å². The largest absolute Gasteiger partial charge is 0.465 e. The smallest absolute Gasteiger partial charge is 0.327 e. The van der Waals surface area contributed by atoms with E-state index >= 15 is 0 Å². The Balaban J connectivity index is 2.61. The molecule has 5 heteroatoms. The molecule has 1 aromatic carbocycles. The Morgan fingerprint density at radius 2 is 1.80 bits per heavy atom. The molecule has 0 aliphatic heterocycles. The molecule has 1 aromatic rings. The molecule has 0 heterocycles. The molecule has 0 aromatic heterocycles. The molecule has 112 valence electrons. The molecule has 0 radical (unpaired) electrons. The zero-order valence-corrected chi connectivity index (χ0v) is 14.5. The summed E-state index contributed by atoms with van der Waals surface area (Å²) >= 11 is 2.11. The summed E-state index contributed by atoms with van der Waals surface area (Å²) in [5.41, 5.74) is 0. The molecule has 0 aliphatic rings. The molecule has 1 rings (SSSR count). The van der Waals surface area contributed by atoms with E-state index in [2.05, 4.69) is 22.6 Å². The van der Waals surface area contributed by atoms with Crippen LogP contribution in [0.1, 0.15) is 34.1 Å². The van der Waals surface area contributed by atoms with Crippen LogP contribution in [0.3, 0.4) is 0 Å². The lowest BCUT2D eigenvalue weighted by Gasteiger charge is -2.18. The number of rotatable bonds is 7. The summed E-state index contributed by atoms with van der Waals surface area (Å²) in [6, 6.07) is 6.95. The standard InChI is InChI=1S/C15H21IO4/c1-5-15(4,16)14(17)20-13-9-7-12(8-10-13)19-11(3)18-6-2/h7-11H,5-6H2,1-4H3. The average molecular weight is 392 g/mol. The van der Waals surface area contributed by atoms with E-state index in [1.54, 1.807) is 24.3 Å². The van der Waals surface area contributed by atoms with Gasteiger partial charge >= 0.3 is 5.97 Å². The fraction of sp³-hybridized carbons (Fsp3) is 0.533. The molecule has 0 saturated carbocycles. The minimum absolute atomic E-state index is 0.239. The summed E-state index contributed by atoms with van der Waals surface area (Å²) in [5, 5.41) is 0. The molecule has 0 fully saturated rings. The van der Waals surface area contributed by atoms with Crippen molar-refractivity contribution in [3.05, 3.63) is 24.3 Å². The number of carbonyl (C=O) groups is 1. The van der Waals surface area contributed by atoms with E-state index in [1.165, 1.54) is 0 Å². The number of esters is 1. The van der Waals surface area contributed by atoms with Crippen LogP contribution in [0.2, 0.25) is 0 Å². The van der Waals surface area contributed by atoms with Crippen LogP contribution in [0, 0.1) is 0 Å². The zero-order valence-electron chi connectivity index (χ0n) is 12.3. The maximum atomic E-state index is 11.9. The maximum absolute atomic E-state index is 11.9. The molecular weight excluding hydrogens is 371 g/mol. The first-order valence-corrected chi connectivity index (χ1v) is 7.76. The fourth-order valence-electron chi connectivity index (χ4n) is 1.40. The summed E-state index contributed by atoms with van der Waals surface area (Å²) in [6.45, 7) is 8.16. The van der Waals surface area contributed by atoms with E-state index in [4.69, 9.17) is 14.2 Å². The summed E-state index contributed by atoms with van der Waals surface area (Å²) in [7, 11) is 0. The molecule has 0 N–H and O–H groups in total. The van der Waals surface area contributed by atoms with Gasteiger partial charge in [-0.05, 0) is 51.5 Å². The number of alkyl halides is 1. The summed E-state index contributed by atoms with van der Waals surface area (Å²) < 4.78 is 15.7. The molecule has 0 bridgehead atoms. The molecule has 2 atom stereocenters. The third-order valence-electron chi connectivity index (χ3n) is 2.83. The molecule has 20 heavy (non-hydrogen) atoms. The van der Waals surface area contributed by atoms with Crippen LogP contribution < -0.4 is 9.47 Å². The number of ether oxygens (including phenoxy) is 3. The van der Waals surface area contributed by atoms with Gasteiger partial charge in [0.2, 0.25) is 0 Å².